The Morgan fingerprint density at radius 3 is 2.95 bits per heavy atom. The van der Waals surface area contributed by atoms with Crippen LogP contribution in [0.3, 0.4) is 0 Å². The summed E-state index contributed by atoms with van der Waals surface area (Å²) in [5, 5.41) is 6.12. The van der Waals surface area contributed by atoms with Gasteiger partial charge in [0, 0.05) is 6.04 Å². The summed E-state index contributed by atoms with van der Waals surface area (Å²) in [6.45, 7) is 6.45. The fourth-order valence-corrected chi connectivity index (χ4v) is 2.90. The van der Waals surface area contributed by atoms with Crippen molar-refractivity contribution in [2.24, 2.45) is 5.92 Å². The van der Waals surface area contributed by atoms with E-state index in [2.05, 4.69) is 28.9 Å². The summed E-state index contributed by atoms with van der Waals surface area (Å²) in [7, 11) is 0. The Balaban J connectivity index is 1.63. The Labute approximate surface area is 123 Å². The normalized spacial score (nSPS) is 15.4. The fraction of sp³-hybridized carbons (Fsp3) is 0.600. The summed E-state index contributed by atoms with van der Waals surface area (Å²) in [4.78, 5) is 8.08. The predicted molar refractivity (Wildman–Crippen MR) is 80.5 cm³/mol. The smallest absolute Gasteiger partial charge is 0.241 e. The molecule has 2 aromatic heterocycles. The van der Waals surface area contributed by atoms with Crippen molar-refractivity contribution < 1.29 is 4.52 Å². The van der Waals surface area contributed by atoms with Gasteiger partial charge in [-0.25, -0.2) is 0 Å². The molecule has 0 aromatic carbocycles. The number of hydrogen-bond acceptors (Lipinski definition) is 5. The Morgan fingerprint density at radius 2 is 2.30 bits per heavy atom. The predicted octanol–water partition coefficient (Wildman–Crippen LogP) is 3.81. The maximum atomic E-state index is 5.41. The van der Waals surface area contributed by atoms with E-state index in [1.807, 2.05) is 17.5 Å². The van der Waals surface area contributed by atoms with Gasteiger partial charge in [-0.05, 0) is 43.2 Å². The molecule has 0 N–H and O–H groups in total. The van der Waals surface area contributed by atoms with Crippen LogP contribution in [0.15, 0.2) is 22.0 Å². The SMILES string of the molecule is CC(C)CCN(Cc1nc(-c2cccs2)no1)C1CC1. The lowest BCUT2D eigenvalue weighted by Gasteiger charge is -2.20. The Bertz CT molecular complexity index is 531. The van der Waals surface area contributed by atoms with Crippen LogP contribution in [0.1, 0.15) is 39.0 Å². The van der Waals surface area contributed by atoms with Crippen LogP contribution in [0.5, 0.6) is 0 Å². The first-order valence-corrected chi connectivity index (χ1v) is 8.21. The number of thiophene rings is 1. The van der Waals surface area contributed by atoms with E-state index in [0.29, 0.717) is 0 Å². The van der Waals surface area contributed by atoms with E-state index in [-0.39, 0.29) is 0 Å². The molecule has 0 aliphatic heterocycles. The molecular weight excluding hydrogens is 270 g/mol. The van der Waals surface area contributed by atoms with Gasteiger partial charge in [0.15, 0.2) is 0 Å². The minimum Gasteiger partial charge on any atom is -0.338 e. The molecule has 1 saturated carbocycles. The molecule has 0 spiro atoms. The number of rotatable bonds is 7. The maximum absolute atomic E-state index is 5.41. The first-order chi connectivity index (χ1) is 9.72. The second kappa shape index (κ2) is 6.06. The highest BCUT2D eigenvalue weighted by Gasteiger charge is 2.30. The van der Waals surface area contributed by atoms with Crippen molar-refractivity contribution in [3.05, 3.63) is 23.4 Å². The van der Waals surface area contributed by atoms with Crippen molar-refractivity contribution in [1.82, 2.24) is 15.0 Å². The molecule has 20 heavy (non-hydrogen) atoms. The Morgan fingerprint density at radius 1 is 1.45 bits per heavy atom. The van der Waals surface area contributed by atoms with Crippen LogP contribution in [0.2, 0.25) is 0 Å². The molecule has 108 valence electrons. The van der Waals surface area contributed by atoms with Crippen molar-refractivity contribution in [2.75, 3.05) is 6.54 Å². The standard InChI is InChI=1S/C15H21N3OS/c1-11(2)7-8-18(12-5-6-12)10-14-16-15(17-19-14)13-4-3-9-20-13/h3-4,9,11-12H,5-8,10H2,1-2H3. The van der Waals surface area contributed by atoms with E-state index in [9.17, 15) is 0 Å². The van der Waals surface area contributed by atoms with Crippen LogP contribution in [0.25, 0.3) is 10.7 Å². The van der Waals surface area contributed by atoms with Crippen LogP contribution in [0, 0.1) is 5.92 Å². The van der Waals surface area contributed by atoms with Gasteiger partial charge in [-0.2, -0.15) is 4.98 Å². The maximum Gasteiger partial charge on any atom is 0.241 e. The van der Waals surface area contributed by atoms with Crippen LogP contribution < -0.4 is 0 Å². The quantitative estimate of drug-likeness (QED) is 0.778. The monoisotopic (exact) mass is 291 g/mol. The highest BCUT2D eigenvalue weighted by Crippen LogP contribution is 2.29. The second-order valence-electron chi connectivity index (χ2n) is 5.87. The zero-order valence-corrected chi connectivity index (χ0v) is 12.9. The van der Waals surface area contributed by atoms with Crippen LogP contribution in [0.4, 0.5) is 0 Å². The summed E-state index contributed by atoms with van der Waals surface area (Å²) in [5.41, 5.74) is 0. The van der Waals surface area contributed by atoms with Gasteiger partial charge in [0.05, 0.1) is 11.4 Å². The van der Waals surface area contributed by atoms with Crippen LogP contribution in [-0.4, -0.2) is 27.6 Å². The molecule has 0 radical (unpaired) electrons. The summed E-state index contributed by atoms with van der Waals surface area (Å²) in [5.74, 6) is 2.19. The lowest BCUT2D eigenvalue weighted by Crippen LogP contribution is -2.27. The van der Waals surface area contributed by atoms with E-state index in [1.54, 1.807) is 11.3 Å². The molecule has 2 aromatic rings. The van der Waals surface area contributed by atoms with E-state index in [1.165, 1.54) is 19.3 Å². The fourth-order valence-electron chi connectivity index (χ4n) is 2.25. The molecule has 0 amide bonds. The molecule has 2 heterocycles. The van der Waals surface area contributed by atoms with Crippen molar-refractivity contribution >= 4 is 11.3 Å². The molecule has 0 unspecified atom stereocenters. The van der Waals surface area contributed by atoms with Gasteiger partial charge in [-0.3, -0.25) is 4.90 Å². The molecule has 3 rings (SSSR count). The molecule has 1 fully saturated rings. The van der Waals surface area contributed by atoms with Gasteiger partial charge < -0.3 is 4.52 Å². The third-order valence-corrected chi connectivity index (χ3v) is 4.47. The molecule has 1 aliphatic carbocycles. The van der Waals surface area contributed by atoms with Crippen molar-refractivity contribution in [1.29, 1.82) is 0 Å². The number of aromatic nitrogens is 2. The zero-order valence-electron chi connectivity index (χ0n) is 12.1. The van der Waals surface area contributed by atoms with Crippen LogP contribution >= 0.6 is 11.3 Å². The minimum atomic E-state index is 0.717. The highest BCUT2D eigenvalue weighted by molar-refractivity contribution is 7.13. The third kappa shape index (κ3) is 3.46. The van der Waals surface area contributed by atoms with E-state index in [4.69, 9.17) is 4.52 Å². The van der Waals surface area contributed by atoms with Crippen molar-refractivity contribution in [3.8, 4) is 10.7 Å². The summed E-state index contributed by atoms with van der Waals surface area (Å²) >= 11 is 1.64. The molecule has 0 bridgehead atoms. The van der Waals surface area contributed by atoms with E-state index >= 15 is 0 Å². The second-order valence-corrected chi connectivity index (χ2v) is 6.82. The summed E-state index contributed by atoms with van der Waals surface area (Å²) < 4.78 is 5.41. The van der Waals surface area contributed by atoms with Crippen molar-refractivity contribution in [3.63, 3.8) is 0 Å². The van der Waals surface area contributed by atoms with Gasteiger partial charge >= 0.3 is 0 Å². The summed E-state index contributed by atoms with van der Waals surface area (Å²) in [6, 6.07) is 4.76. The van der Waals surface area contributed by atoms with Gasteiger partial charge in [-0.1, -0.05) is 25.1 Å². The molecule has 1 aliphatic rings. The van der Waals surface area contributed by atoms with Gasteiger partial charge in [0.2, 0.25) is 11.7 Å². The first-order valence-electron chi connectivity index (χ1n) is 7.33. The number of nitrogens with zero attached hydrogens (tertiary/aromatic N) is 3. The minimum absolute atomic E-state index is 0.717. The zero-order chi connectivity index (χ0) is 13.9. The Hall–Kier alpha value is -1.20. The molecule has 0 atom stereocenters. The largest absolute Gasteiger partial charge is 0.338 e. The average Bonchev–Trinajstić information content (AvgIpc) is 2.93. The lowest BCUT2D eigenvalue weighted by molar-refractivity contribution is 0.207. The number of hydrogen-bond donors (Lipinski definition) is 0. The molecule has 0 saturated heterocycles. The third-order valence-electron chi connectivity index (χ3n) is 3.60. The van der Waals surface area contributed by atoms with Gasteiger partial charge in [-0.15, -0.1) is 11.3 Å². The van der Waals surface area contributed by atoms with E-state index in [0.717, 1.165) is 41.6 Å². The average molecular weight is 291 g/mol. The Kier molecular flexibility index (Phi) is 4.17. The summed E-state index contributed by atoms with van der Waals surface area (Å²) in [6.07, 6.45) is 3.84. The van der Waals surface area contributed by atoms with Gasteiger partial charge in [0.1, 0.15) is 0 Å². The lowest BCUT2D eigenvalue weighted by atomic mass is 10.1. The molecule has 5 heteroatoms. The topological polar surface area (TPSA) is 42.2 Å². The first kappa shape index (κ1) is 13.8. The van der Waals surface area contributed by atoms with Crippen LogP contribution in [-0.2, 0) is 6.54 Å². The van der Waals surface area contributed by atoms with Crippen molar-refractivity contribution in [2.45, 2.75) is 45.7 Å². The molecule has 4 nitrogen and oxygen atoms in total. The molecular formula is C15H21N3OS. The van der Waals surface area contributed by atoms with E-state index < -0.39 is 0 Å². The van der Waals surface area contributed by atoms with Gasteiger partial charge in [0.25, 0.3) is 0 Å². The highest BCUT2D eigenvalue weighted by atomic mass is 32.1.